The maximum absolute atomic E-state index is 9.64. The number of nitrogens with zero attached hydrogens (tertiary/aromatic N) is 4. The Morgan fingerprint density at radius 3 is 2.19 bits per heavy atom. The number of pyridine rings is 1. The lowest BCUT2D eigenvalue weighted by Gasteiger charge is -2.09. The van der Waals surface area contributed by atoms with Crippen molar-refractivity contribution in [3.63, 3.8) is 0 Å². The first-order valence-electron chi connectivity index (χ1n) is 14.2. The third-order valence-electron chi connectivity index (χ3n) is 8.36. The third-order valence-corrected chi connectivity index (χ3v) is 8.36. The van der Waals surface area contributed by atoms with Gasteiger partial charge >= 0.3 is 0 Å². The second kappa shape index (κ2) is 8.94. The molecule has 0 atom stereocenters. The first-order chi connectivity index (χ1) is 21.2. The molecule has 200 valence electrons. The molecule has 0 aliphatic carbocycles. The third kappa shape index (κ3) is 3.54. The summed E-state index contributed by atoms with van der Waals surface area (Å²) in [6.45, 7) is 0. The van der Waals surface area contributed by atoms with E-state index in [4.69, 9.17) is 9.40 Å². The van der Waals surface area contributed by atoms with Gasteiger partial charge in [-0.25, -0.2) is 4.98 Å². The predicted molar refractivity (Wildman–Crippen MR) is 172 cm³/mol. The highest BCUT2D eigenvalue weighted by Crippen LogP contribution is 2.37. The first-order valence-corrected chi connectivity index (χ1v) is 14.2. The molecule has 0 aliphatic rings. The summed E-state index contributed by atoms with van der Waals surface area (Å²) in [4.78, 5) is 4.84. The summed E-state index contributed by atoms with van der Waals surface area (Å²) in [7, 11) is 0. The summed E-state index contributed by atoms with van der Waals surface area (Å²) in [5.41, 5.74) is 11.7. The molecule has 0 saturated carbocycles. The Bertz CT molecular complexity index is 2580. The number of imidazole rings is 1. The van der Waals surface area contributed by atoms with E-state index in [1.807, 2.05) is 59.0 Å². The molecule has 5 nitrogen and oxygen atoms in total. The highest BCUT2D eigenvalue weighted by Gasteiger charge is 2.16. The molecule has 9 aromatic rings. The summed E-state index contributed by atoms with van der Waals surface area (Å²) in [5.74, 6) is 0. The number of hydrogen-bond donors (Lipinski definition) is 0. The van der Waals surface area contributed by atoms with E-state index in [2.05, 4.69) is 89.6 Å². The van der Waals surface area contributed by atoms with Gasteiger partial charge in [0, 0.05) is 28.0 Å². The van der Waals surface area contributed by atoms with Crippen LogP contribution in [-0.4, -0.2) is 14.0 Å². The zero-order valence-electron chi connectivity index (χ0n) is 22.9. The van der Waals surface area contributed by atoms with Gasteiger partial charge in [-0.15, -0.1) is 0 Å². The lowest BCUT2D eigenvalue weighted by molar-refractivity contribution is 0.649. The van der Waals surface area contributed by atoms with Gasteiger partial charge in [-0.3, -0.25) is 4.40 Å². The number of nitriles is 1. The minimum Gasteiger partial charge on any atom is -0.437 e. The average molecular weight is 551 g/mol. The Balaban J connectivity index is 1.19. The van der Waals surface area contributed by atoms with E-state index in [-0.39, 0.29) is 0 Å². The number of rotatable bonds is 3. The smallest absolute Gasteiger partial charge is 0.232 e. The Labute approximate surface area is 246 Å². The number of aromatic nitrogens is 3. The van der Waals surface area contributed by atoms with Crippen LogP contribution in [0.1, 0.15) is 5.56 Å². The summed E-state index contributed by atoms with van der Waals surface area (Å²) in [6.07, 6.45) is 2.10. The van der Waals surface area contributed by atoms with Crippen molar-refractivity contribution >= 4 is 49.7 Å². The van der Waals surface area contributed by atoms with Gasteiger partial charge in [0.1, 0.15) is 16.7 Å². The molecule has 0 aliphatic heterocycles. The fourth-order valence-corrected chi connectivity index (χ4v) is 6.33. The van der Waals surface area contributed by atoms with Crippen LogP contribution in [0.5, 0.6) is 0 Å². The molecular weight excluding hydrogens is 528 g/mol. The zero-order valence-corrected chi connectivity index (χ0v) is 22.9. The fourth-order valence-electron chi connectivity index (χ4n) is 6.33. The SMILES string of the molecule is N#Cc1ccc2c(c1)c1cc(-c3cccc(-c4ccc5nc6c7ccccc7oc6n5c4)c3)ccc1n2-c1ccccc1. The maximum Gasteiger partial charge on any atom is 0.232 e. The van der Waals surface area contributed by atoms with Crippen LogP contribution in [0.15, 0.2) is 138 Å². The molecule has 0 amide bonds. The molecule has 0 radical (unpaired) electrons. The van der Waals surface area contributed by atoms with Crippen LogP contribution in [0.25, 0.3) is 77.6 Å². The van der Waals surface area contributed by atoms with Gasteiger partial charge in [-0.2, -0.15) is 5.26 Å². The molecule has 9 rings (SSSR count). The Kier molecular flexibility index (Phi) is 4.90. The number of benzene rings is 5. The van der Waals surface area contributed by atoms with Crippen molar-refractivity contribution in [1.82, 2.24) is 14.0 Å². The molecule has 43 heavy (non-hydrogen) atoms. The molecular formula is C38H22N4O. The first kappa shape index (κ1) is 23.6. The Hall–Kier alpha value is -6.12. The van der Waals surface area contributed by atoms with Crippen LogP contribution in [0, 0.1) is 11.3 Å². The Morgan fingerprint density at radius 1 is 0.605 bits per heavy atom. The van der Waals surface area contributed by atoms with Gasteiger partial charge in [0.25, 0.3) is 0 Å². The van der Waals surface area contributed by atoms with Crippen LogP contribution < -0.4 is 0 Å². The maximum atomic E-state index is 9.64. The lowest BCUT2D eigenvalue weighted by atomic mass is 9.98. The van der Waals surface area contributed by atoms with Crippen LogP contribution >= 0.6 is 0 Å². The molecule has 5 aromatic carbocycles. The topological polar surface area (TPSA) is 59.2 Å². The van der Waals surface area contributed by atoms with Crippen molar-refractivity contribution in [3.05, 3.63) is 139 Å². The van der Waals surface area contributed by atoms with Crippen LogP contribution in [0.3, 0.4) is 0 Å². The molecule has 0 saturated heterocycles. The van der Waals surface area contributed by atoms with Crippen molar-refractivity contribution in [2.45, 2.75) is 0 Å². The van der Waals surface area contributed by atoms with Crippen molar-refractivity contribution in [3.8, 4) is 34.0 Å². The molecule has 0 N–H and O–H groups in total. The van der Waals surface area contributed by atoms with Gasteiger partial charge in [0.05, 0.1) is 22.7 Å². The zero-order chi connectivity index (χ0) is 28.5. The van der Waals surface area contributed by atoms with E-state index >= 15 is 0 Å². The van der Waals surface area contributed by atoms with Crippen LogP contribution in [0.4, 0.5) is 0 Å². The van der Waals surface area contributed by atoms with E-state index in [0.717, 1.165) is 77.6 Å². The summed E-state index contributed by atoms with van der Waals surface area (Å²) < 4.78 is 10.5. The van der Waals surface area contributed by atoms with Crippen molar-refractivity contribution in [2.75, 3.05) is 0 Å². The standard InChI is InChI=1S/C38H22N4O/c39-22-24-13-16-33-31(19-24)32-21-27(14-17-34(32)42(33)29-9-2-1-3-10-29)25-7-6-8-26(20-25)28-15-18-36-40-37-30-11-4-5-12-35(30)43-38(37)41(36)23-28/h1-21,23H. The second-order valence-corrected chi connectivity index (χ2v) is 10.8. The molecule has 0 bridgehead atoms. The summed E-state index contributed by atoms with van der Waals surface area (Å²) >= 11 is 0. The van der Waals surface area contributed by atoms with E-state index < -0.39 is 0 Å². The van der Waals surface area contributed by atoms with Gasteiger partial charge in [-0.05, 0) is 95.1 Å². The van der Waals surface area contributed by atoms with E-state index in [1.54, 1.807) is 0 Å². The van der Waals surface area contributed by atoms with Crippen molar-refractivity contribution in [2.24, 2.45) is 0 Å². The lowest BCUT2D eigenvalue weighted by Crippen LogP contribution is -1.93. The second-order valence-electron chi connectivity index (χ2n) is 10.8. The van der Waals surface area contributed by atoms with E-state index in [9.17, 15) is 5.26 Å². The normalized spacial score (nSPS) is 11.7. The summed E-state index contributed by atoms with van der Waals surface area (Å²) in [6, 6.07) is 46.0. The van der Waals surface area contributed by atoms with Gasteiger partial charge in [-0.1, -0.05) is 54.6 Å². The van der Waals surface area contributed by atoms with Gasteiger partial charge in [0.15, 0.2) is 0 Å². The molecule has 4 aromatic heterocycles. The molecule has 4 heterocycles. The molecule has 0 unspecified atom stereocenters. The largest absolute Gasteiger partial charge is 0.437 e. The minimum atomic E-state index is 0.653. The Morgan fingerprint density at radius 2 is 1.33 bits per heavy atom. The average Bonchev–Trinajstić information content (AvgIpc) is 3.72. The highest BCUT2D eigenvalue weighted by atomic mass is 16.3. The number of para-hydroxylation sites is 2. The summed E-state index contributed by atoms with van der Waals surface area (Å²) in [5, 5.41) is 12.8. The number of furan rings is 1. The highest BCUT2D eigenvalue weighted by molar-refractivity contribution is 6.11. The molecule has 0 spiro atoms. The van der Waals surface area contributed by atoms with Crippen molar-refractivity contribution in [1.29, 1.82) is 5.26 Å². The van der Waals surface area contributed by atoms with Gasteiger partial charge in [0.2, 0.25) is 5.71 Å². The monoisotopic (exact) mass is 550 g/mol. The van der Waals surface area contributed by atoms with Crippen LogP contribution in [0.2, 0.25) is 0 Å². The minimum absolute atomic E-state index is 0.653. The number of fused-ring (bicyclic) bond motifs is 8. The fraction of sp³-hybridized carbons (Fsp3) is 0. The number of hydrogen-bond acceptors (Lipinski definition) is 3. The quantitative estimate of drug-likeness (QED) is 0.220. The van der Waals surface area contributed by atoms with E-state index in [1.165, 1.54) is 0 Å². The van der Waals surface area contributed by atoms with Crippen molar-refractivity contribution < 1.29 is 4.42 Å². The predicted octanol–water partition coefficient (Wildman–Crippen LogP) is 9.54. The van der Waals surface area contributed by atoms with Crippen LogP contribution in [-0.2, 0) is 0 Å². The molecule has 5 heteroatoms. The van der Waals surface area contributed by atoms with Gasteiger partial charge < -0.3 is 8.98 Å². The molecule has 0 fully saturated rings. The van der Waals surface area contributed by atoms with E-state index in [0.29, 0.717) is 5.56 Å².